The monoisotopic (exact) mass is 291 g/mol. The maximum atomic E-state index is 13.2. The van der Waals surface area contributed by atoms with Crippen LogP contribution in [0, 0.1) is 5.82 Å². The summed E-state index contributed by atoms with van der Waals surface area (Å²) in [5.74, 6) is 0.788. The lowest BCUT2D eigenvalue weighted by Crippen LogP contribution is -2.02. The summed E-state index contributed by atoms with van der Waals surface area (Å²) in [5.41, 5.74) is 1.31. The second-order valence-electron chi connectivity index (χ2n) is 4.14. The molecule has 0 aliphatic carbocycles. The van der Waals surface area contributed by atoms with Gasteiger partial charge in [0.2, 0.25) is 0 Å². The Labute approximate surface area is 119 Å². The van der Waals surface area contributed by atoms with Gasteiger partial charge in [0.25, 0.3) is 0 Å². The third-order valence-electron chi connectivity index (χ3n) is 2.81. The van der Waals surface area contributed by atoms with E-state index < -0.39 is 5.82 Å². The molecule has 0 aliphatic rings. The molecule has 0 amide bonds. The third kappa shape index (κ3) is 2.25. The summed E-state index contributed by atoms with van der Waals surface area (Å²) in [6.07, 6.45) is 5.32. The number of anilines is 3. The van der Waals surface area contributed by atoms with Gasteiger partial charge in [-0.1, -0.05) is 11.6 Å². The number of nitrogens with one attached hydrogen (secondary N) is 2. The summed E-state index contributed by atoms with van der Waals surface area (Å²) in [6, 6.07) is 4.40. The Morgan fingerprint density at radius 1 is 1.35 bits per heavy atom. The first-order chi connectivity index (χ1) is 9.67. The van der Waals surface area contributed by atoms with E-state index in [0.29, 0.717) is 23.0 Å². The van der Waals surface area contributed by atoms with Gasteiger partial charge in [-0.05, 0) is 18.2 Å². The van der Waals surface area contributed by atoms with Crippen LogP contribution in [0.15, 0.2) is 36.8 Å². The molecule has 0 aliphatic heterocycles. The fourth-order valence-electron chi connectivity index (χ4n) is 1.85. The first kappa shape index (κ1) is 12.7. The second kappa shape index (κ2) is 4.97. The van der Waals surface area contributed by atoms with E-state index in [0.717, 1.165) is 0 Å². The van der Waals surface area contributed by atoms with Crippen molar-refractivity contribution < 1.29 is 4.39 Å². The van der Waals surface area contributed by atoms with Gasteiger partial charge in [0, 0.05) is 25.1 Å². The van der Waals surface area contributed by atoms with Crippen LogP contribution in [0.5, 0.6) is 0 Å². The SMILES string of the molecule is CNc1cn2ccnc2c(Nc2ccc(F)c(Cl)c2)n1. The van der Waals surface area contributed by atoms with Gasteiger partial charge in [0.1, 0.15) is 11.6 Å². The van der Waals surface area contributed by atoms with Gasteiger partial charge >= 0.3 is 0 Å². The second-order valence-corrected chi connectivity index (χ2v) is 4.54. The van der Waals surface area contributed by atoms with Crippen molar-refractivity contribution in [2.75, 3.05) is 17.7 Å². The van der Waals surface area contributed by atoms with Gasteiger partial charge in [-0.25, -0.2) is 14.4 Å². The van der Waals surface area contributed by atoms with Crippen LogP contribution in [-0.2, 0) is 0 Å². The number of hydrogen-bond acceptors (Lipinski definition) is 4. The molecule has 0 radical (unpaired) electrons. The van der Waals surface area contributed by atoms with Gasteiger partial charge in [-0.3, -0.25) is 0 Å². The first-order valence-corrected chi connectivity index (χ1v) is 6.28. The maximum absolute atomic E-state index is 13.2. The van der Waals surface area contributed by atoms with E-state index in [-0.39, 0.29) is 5.02 Å². The highest BCUT2D eigenvalue weighted by atomic mass is 35.5. The van der Waals surface area contributed by atoms with E-state index in [1.807, 2.05) is 16.8 Å². The molecule has 7 heteroatoms. The molecule has 1 aromatic carbocycles. The van der Waals surface area contributed by atoms with Gasteiger partial charge in [0.15, 0.2) is 11.5 Å². The molecule has 20 heavy (non-hydrogen) atoms. The molecule has 0 saturated heterocycles. The molecule has 2 aromatic heterocycles. The molecule has 102 valence electrons. The molecule has 2 heterocycles. The number of benzene rings is 1. The van der Waals surface area contributed by atoms with Crippen LogP contribution in [0.2, 0.25) is 5.02 Å². The number of halogens is 2. The molecule has 2 N–H and O–H groups in total. The average molecular weight is 292 g/mol. The van der Waals surface area contributed by atoms with Gasteiger partial charge in [0.05, 0.1) is 11.2 Å². The van der Waals surface area contributed by atoms with Crippen molar-refractivity contribution in [2.45, 2.75) is 0 Å². The lowest BCUT2D eigenvalue weighted by Gasteiger charge is -2.09. The van der Waals surface area contributed by atoms with E-state index >= 15 is 0 Å². The van der Waals surface area contributed by atoms with E-state index in [1.54, 1.807) is 19.3 Å². The summed E-state index contributed by atoms with van der Waals surface area (Å²) >= 11 is 5.77. The highest BCUT2D eigenvalue weighted by Crippen LogP contribution is 2.24. The number of nitrogens with zero attached hydrogens (tertiary/aromatic N) is 3. The fourth-order valence-corrected chi connectivity index (χ4v) is 2.03. The Balaban J connectivity index is 2.04. The Morgan fingerprint density at radius 2 is 2.20 bits per heavy atom. The van der Waals surface area contributed by atoms with Crippen molar-refractivity contribution in [2.24, 2.45) is 0 Å². The minimum Gasteiger partial charge on any atom is -0.372 e. The van der Waals surface area contributed by atoms with Crippen molar-refractivity contribution >= 4 is 34.6 Å². The van der Waals surface area contributed by atoms with Gasteiger partial charge < -0.3 is 15.0 Å². The molecule has 0 spiro atoms. The quantitative estimate of drug-likeness (QED) is 0.777. The lowest BCUT2D eigenvalue weighted by atomic mass is 10.3. The third-order valence-corrected chi connectivity index (χ3v) is 3.10. The lowest BCUT2D eigenvalue weighted by molar-refractivity contribution is 0.628. The molecule has 0 unspecified atom stereocenters. The Kier molecular flexibility index (Phi) is 3.15. The van der Waals surface area contributed by atoms with Crippen LogP contribution in [0.1, 0.15) is 0 Å². The number of hydrogen-bond donors (Lipinski definition) is 2. The highest BCUT2D eigenvalue weighted by molar-refractivity contribution is 6.31. The molecule has 0 bridgehead atoms. The van der Waals surface area contributed by atoms with Crippen LogP contribution in [0.25, 0.3) is 5.65 Å². The summed E-state index contributed by atoms with van der Waals surface area (Å²) in [4.78, 5) is 8.63. The maximum Gasteiger partial charge on any atom is 0.180 e. The number of rotatable bonds is 3. The van der Waals surface area contributed by atoms with Crippen molar-refractivity contribution in [3.8, 4) is 0 Å². The zero-order valence-electron chi connectivity index (χ0n) is 10.6. The minimum atomic E-state index is -0.458. The van der Waals surface area contributed by atoms with Crippen LogP contribution in [0.3, 0.4) is 0 Å². The largest absolute Gasteiger partial charge is 0.372 e. The molecular formula is C13H11ClFN5. The van der Waals surface area contributed by atoms with E-state index in [2.05, 4.69) is 20.6 Å². The summed E-state index contributed by atoms with van der Waals surface area (Å²) in [6.45, 7) is 0. The van der Waals surface area contributed by atoms with Crippen LogP contribution in [-0.4, -0.2) is 21.4 Å². The van der Waals surface area contributed by atoms with Crippen molar-refractivity contribution in [1.29, 1.82) is 0 Å². The summed E-state index contributed by atoms with van der Waals surface area (Å²) in [5, 5.41) is 6.11. The molecule has 3 rings (SSSR count). The van der Waals surface area contributed by atoms with Crippen LogP contribution < -0.4 is 10.6 Å². The number of imidazole rings is 1. The Morgan fingerprint density at radius 3 is 2.95 bits per heavy atom. The van der Waals surface area contributed by atoms with Crippen LogP contribution >= 0.6 is 11.6 Å². The summed E-state index contributed by atoms with van der Waals surface area (Å²) in [7, 11) is 1.78. The van der Waals surface area contributed by atoms with E-state index in [9.17, 15) is 4.39 Å². The van der Waals surface area contributed by atoms with E-state index in [1.165, 1.54) is 12.1 Å². The smallest absolute Gasteiger partial charge is 0.180 e. The van der Waals surface area contributed by atoms with Crippen molar-refractivity contribution in [3.05, 3.63) is 47.6 Å². The Bertz CT molecular complexity index is 771. The van der Waals surface area contributed by atoms with Crippen LogP contribution in [0.4, 0.5) is 21.7 Å². The highest BCUT2D eigenvalue weighted by Gasteiger charge is 2.08. The fraction of sp³-hybridized carbons (Fsp3) is 0.0769. The Hall–Kier alpha value is -2.34. The standard InChI is InChI=1S/C13H11ClFN5/c1-16-11-7-20-5-4-17-13(20)12(19-11)18-8-2-3-10(15)9(14)6-8/h2-7,16H,1H3,(H,18,19). The molecule has 5 nitrogen and oxygen atoms in total. The zero-order valence-corrected chi connectivity index (χ0v) is 11.3. The predicted molar refractivity (Wildman–Crippen MR) is 77.2 cm³/mol. The predicted octanol–water partition coefficient (Wildman–Crippen LogP) is 3.31. The van der Waals surface area contributed by atoms with E-state index in [4.69, 9.17) is 11.6 Å². The van der Waals surface area contributed by atoms with Crippen molar-refractivity contribution in [3.63, 3.8) is 0 Å². The minimum absolute atomic E-state index is 0.0548. The van der Waals surface area contributed by atoms with Crippen molar-refractivity contribution in [1.82, 2.24) is 14.4 Å². The summed E-state index contributed by atoms with van der Waals surface area (Å²) < 4.78 is 15.0. The number of fused-ring (bicyclic) bond motifs is 1. The molecule has 0 fully saturated rings. The van der Waals surface area contributed by atoms with Gasteiger partial charge in [-0.2, -0.15) is 0 Å². The first-order valence-electron chi connectivity index (χ1n) is 5.91. The van der Waals surface area contributed by atoms with Gasteiger partial charge in [-0.15, -0.1) is 0 Å². The molecule has 3 aromatic rings. The average Bonchev–Trinajstić information content (AvgIpc) is 2.91. The molecular weight excluding hydrogens is 281 g/mol. The molecule has 0 saturated carbocycles. The zero-order chi connectivity index (χ0) is 14.1. The normalized spacial score (nSPS) is 10.8. The number of aromatic nitrogens is 3. The molecule has 0 atom stereocenters. The topological polar surface area (TPSA) is 54.2 Å².